The van der Waals surface area contributed by atoms with Crippen molar-refractivity contribution >= 4 is 23.0 Å². The minimum absolute atomic E-state index is 0.130. The molecule has 2 aromatic rings. The smallest absolute Gasteiger partial charge is 0.228 e. The Kier molecular flexibility index (Phi) is 4.20. The number of amides is 1. The molecule has 18 heavy (non-hydrogen) atoms. The van der Waals surface area contributed by atoms with Crippen LogP contribution in [0.15, 0.2) is 41.9 Å². The van der Waals surface area contributed by atoms with Gasteiger partial charge < -0.3 is 5.32 Å². The van der Waals surface area contributed by atoms with E-state index in [4.69, 9.17) is 0 Å². The van der Waals surface area contributed by atoms with Crippen LogP contribution < -0.4 is 5.32 Å². The number of ketones is 1. The Morgan fingerprint density at radius 1 is 1.22 bits per heavy atom. The molecule has 5 heteroatoms. The van der Waals surface area contributed by atoms with Gasteiger partial charge in [0.15, 0.2) is 5.78 Å². The molecule has 0 spiro atoms. The molecule has 1 aromatic carbocycles. The molecule has 1 heterocycles. The van der Waals surface area contributed by atoms with Crippen LogP contribution in [0.4, 0.5) is 0 Å². The summed E-state index contributed by atoms with van der Waals surface area (Å²) in [5.74, 6) is -0.453. The van der Waals surface area contributed by atoms with Crippen LogP contribution in [0.25, 0.3) is 0 Å². The number of Topliss-reactive ketones (excluding diaryl/α,β-unsaturated/α-hetero) is 1. The third kappa shape index (κ3) is 3.49. The topological polar surface area (TPSA) is 59.1 Å². The fourth-order valence-corrected chi connectivity index (χ4v) is 2.00. The van der Waals surface area contributed by atoms with Crippen LogP contribution in [-0.2, 0) is 11.3 Å². The first-order valence-corrected chi connectivity index (χ1v) is 6.37. The van der Waals surface area contributed by atoms with Crippen molar-refractivity contribution in [1.82, 2.24) is 10.3 Å². The lowest BCUT2D eigenvalue weighted by atomic mass is 10.1. The van der Waals surface area contributed by atoms with Crippen molar-refractivity contribution in [2.75, 3.05) is 0 Å². The SMILES string of the molecule is O=C(CC(=O)c1ccccc1)NCc1nccs1. The predicted molar refractivity (Wildman–Crippen MR) is 69.4 cm³/mol. The molecule has 1 N–H and O–H groups in total. The van der Waals surface area contributed by atoms with Gasteiger partial charge in [-0.15, -0.1) is 11.3 Å². The fourth-order valence-electron chi connectivity index (χ4n) is 1.45. The van der Waals surface area contributed by atoms with Crippen molar-refractivity contribution in [3.05, 3.63) is 52.5 Å². The number of hydrogen-bond donors (Lipinski definition) is 1. The number of nitrogens with zero attached hydrogens (tertiary/aromatic N) is 1. The van der Waals surface area contributed by atoms with Gasteiger partial charge in [-0.1, -0.05) is 30.3 Å². The Morgan fingerprint density at radius 2 is 2.00 bits per heavy atom. The fraction of sp³-hybridized carbons (Fsp3) is 0.154. The average Bonchev–Trinajstić information content (AvgIpc) is 2.90. The average molecular weight is 260 g/mol. The minimum Gasteiger partial charge on any atom is -0.349 e. The number of rotatable bonds is 5. The molecule has 0 saturated heterocycles. The van der Waals surface area contributed by atoms with Gasteiger partial charge in [0, 0.05) is 17.1 Å². The minimum atomic E-state index is -0.279. The highest BCUT2D eigenvalue weighted by molar-refractivity contribution is 7.09. The zero-order valence-electron chi connectivity index (χ0n) is 9.63. The van der Waals surface area contributed by atoms with Crippen LogP contribution in [-0.4, -0.2) is 16.7 Å². The van der Waals surface area contributed by atoms with Crippen LogP contribution in [0.3, 0.4) is 0 Å². The first-order chi connectivity index (χ1) is 8.75. The zero-order valence-corrected chi connectivity index (χ0v) is 10.4. The molecule has 0 aliphatic rings. The van der Waals surface area contributed by atoms with Crippen molar-refractivity contribution in [1.29, 1.82) is 0 Å². The Hall–Kier alpha value is -2.01. The molecule has 0 bridgehead atoms. The van der Waals surface area contributed by atoms with Crippen LogP contribution in [0.2, 0.25) is 0 Å². The van der Waals surface area contributed by atoms with E-state index >= 15 is 0 Å². The first-order valence-electron chi connectivity index (χ1n) is 5.49. The molecule has 92 valence electrons. The second-order valence-corrected chi connectivity index (χ2v) is 4.65. The van der Waals surface area contributed by atoms with Crippen LogP contribution in [0.5, 0.6) is 0 Å². The van der Waals surface area contributed by atoms with E-state index in [1.54, 1.807) is 30.5 Å². The number of hydrogen-bond acceptors (Lipinski definition) is 4. The quantitative estimate of drug-likeness (QED) is 0.661. The molecule has 2 rings (SSSR count). The second kappa shape index (κ2) is 6.07. The van der Waals surface area contributed by atoms with Gasteiger partial charge in [-0.2, -0.15) is 0 Å². The molecule has 0 aliphatic heterocycles. The summed E-state index contributed by atoms with van der Waals surface area (Å²) in [4.78, 5) is 27.4. The summed E-state index contributed by atoms with van der Waals surface area (Å²) in [6.07, 6.45) is 1.55. The third-order valence-electron chi connectivity index (χ3n) is 2.34. The standard InChI is InChI=1S/C13H12N2O2S/c16-11(10-4-2-1-3-5-10)8-12(17)15-9-13-14-6-7-18-13/h1-7H,8-9H2,(H,15,17). The lowest BCUT2D eigenvalue weighted by Crippen LogP contribution is -2.25. The van der Waals surface area contributed by atoms with Crippen molar-refractivity contribution in [2.24, 2.45) is 0 Å². The van der Waals surface area contributed by atoms with E-state index in [2.05, 4.69) is 10.3 Å². The Balaban J connectivity index is 1.83. The Labute approximate surface area is 109 Å². The van der Waals surface area contributed by atoms with Crippen LogP contribution in [0.1, 0.15) is 21.8 Å². The molecule has 0 saturated carbocycles. The van der Waals surface area contributed by atoms with Gasteiger partial charge in [0.1, 0.15) is 5.01 Å². The number of thiazole rings is 1. The molecule has 1 amide bonds. The second-order valence-electron chi connectivity index (χ2n) is 3.67. The molecule has 0 unspecified atom stereocenters. The van der Waals surface area contributed by atoms with Crippen LogP contribution in [0, 0.1) is 0 Å². The van der Waals surface area contributed by atoms with Gasteiger partial charge in [0.2, 0.25) is 5.91 Å². The highest BCUT2D eigenvalue weighted by Gasteiger charge is 2.11. The van der Waals surface area contributed by atoms with Gasteiger partial charge in [-0.3, -0.25) is 9.59 Å². The zero-order chi connectivity index (χ0) is 12.8. The molecule has 4 nitrogen and oxygen atoms in total. The normalized spacial score (nSPS) is 10.0. The Bertz CT molecular complexity index is 523. The summed E-state index contributed by atoms with van der Waals surface area (Å²) in [5.41, 5.74) is 0.557. The summed E-state index contributed by atoms with van der Waals surface area (Å²) < 4.78 is 0. The molecule has 0 fully saturated rings. The molecule has 1 aromatic heterocycles. The maximum atomic E-state index is 11.7. The van der Waals surface area contributed by atoms with Crippen LogP contribution >= 0.6 is 11.3 Å². The predicted octanol–water partition coefficient (Wildman–Crippen LogP) is 2.03. The van der Waals surface area contributed by atoms with Crippen molar-refractivity contribution in [3.8, 4) is 0 Å². The highest BCUT2D eigenvalue weighted by Crippen LogP contribution is 2.05. The van der Waals surface area contributed by atoms with Gasteiger partial charge in [-0.25, -0.2) is 4.98 Å². The van der Waals surface area contributed by atoms with Crippen molar-refractivity contribution in [3.63, 3.8) is 0 Å². The number of carbonyl (C=O) groups is 2. The summed E-state index contributed by atoms with van der Waals surface area (Å²) in [7, 11) is 0. The summed E-state index contributed by atoms with van der Waals surface area (Å²) in [6.45, 7) is 0.374. The third-order valence-corrected chi connectivity index (χ3v) is 3.12. The summed E-state index contributed by atoms with van der Waals surface area (Å²) in [5, 5.41) is 5.35. The maximum Gasteiger partial charge on any atom is 0.228 e. The number of carbonyl (C=O) groups excluding carboxylic acids is 2. The molecule has 0 radical (unpaired) electrons. The lowest BCUT2D eigenvalue weighted by molar-refractivity contribution is -0.120. The van der Waals surface area contributed by atoms with Gasteiger partial charge >= 0.3 is 0 Å². The van der Waals surface area contributed by atoms with Gasteiger partial charge in [-0.05, 0) is 0 Å². The van der Waals surface area contributed by atoms with Gasteiger partial charge in [0.05, 0.1) is 13.0 Å². The Morgan fingerprint density at radius 3 is 2.67 bits per heavy atom. The van der Waals surface area contributed by atoms with Crippen molar-refractivity contribution in [2.45, 2.75) is 13.0 Å². The van der Waals surface area contributed by atoms with E-state index in [-0.39, 0.29) is 18.1 Å². The molecule has 0 aliphatic carbocycles. The molecular weight excluding hydrogens is 248 g/mol. The highest BCUT2D eigenvalue weighted by atomic mass is 32.1. The first kappa shape index (κ1) is 12.4. The monoisotopic (exact) mass is 260 g/mol. The van der Waals surface area contributed by atoms with Gasteiger partial charge in [0.25, 0.3) is 0 Å². The van der Waals surface area contributed by atoms with E-state index in [0.717, 1.165) is 5.01 Å². The number of nitrogens with one attached hydrogen (secondary N) is 1. The van der Waals surface area contributed by atoms with E-state index in [1.807, 2.05) is 11.4 Å². The number of aromatic nitrogens is 1. The number of benzene rings is 1. The van der Waals surface area contributed by atoms with E-state index in [0.29, 0.717) is 12.1 Å². The van der Waals surface area contributed by atoms with Crippen molar-refractivity contribution < 1.29 is 9.59 Å². The summed E-state index contributed by atoms with van der Waals surface area (Å²) >= 11 is 1.47. The van der Waals surface area contributed by atoms with E-state index in [9.17, 15) is 9.59 Å². The molecular formula is C13H12N2O2S. The lowest BCUT2D eigenvalue weighted by Gasteiger charge is -2.02. The van der Waals surface area contributed by atoms with E-state index in [1.165, 1.54) is 11.3 Å². The summed E-state index contributed by atoms with van der Waals surface area (Å²) in [6, 6.07) is 8.80. The largest absolute Gasteiger partial charge is 0.349 e. The maximum absolute atomic E-state index is 11.7. The molecule has 0 atom stereocenters. The van der Waals surface area contributed by atoms with E-state index < -0.39 is 0 Å².